The van der Waals surface area contributed by atoms with Crippen LogP contribution in [0.4, 0.5) is 0 Å². The average Bonchev–Trinajstić information content (AvgIpc) is 3.65. The summed E-state index contributed by atoms with van der Waals surface area (Å²) in [5, 5.41) is 0.970. The van der Waals surface area contributed by atoms with Gasteiger partial charge in [-0.05, 0) is 128 Å². The molecule has 1 heterocycles. The Hall–Kier alpha value is -2.56. The van der Waals surface area contributed by atoms with Crippen molar-refractivity contribution in [2.45, 2.75) is 131 Å². The molecular weight excluding hydrogens is 572 g/mol. The Morgan fingerprint density at radius 2 is 1.83 bits per heavy atom. The molecule has 5 heteroatoms. The summed E-state index contributed by atoms with van der Waals surface area (Å²) in [4.78, 5) is 25.3. The number of rotatable bonds is 9. The van der Waals surface area contributed by atoms with Crippen molar-refractivity contribution in [1.29, 1.82) is 0 Å². The Bertz CT molecular complexity index is 1550. The highest BCUT2D eigenvalue weighted by Crippen LogP contribution is 2.67. The van der Waals surface area contributed by atoms with Crippen LogP contribution in [-0.2, 0) is 22.4 Å². The maximum absolute atomic E-state index is 12.9. The van der Waals surface area contributed by atoms with E-state index in [1.807, 2.05) is 12.1 Å². The third-order valence-corrected chi connectivity index (χ3v) is 13.9. The lowest BCUT2D eigenvalue weighted by molar-refractivity contribution is -0.153. The number of esters is 1. The van der Waals surface area contributed by atoms with Crippen molar-refractivity contribution < 1.29 is 18.7 Å². The van der Waals surface area contributed by atoms with Crippen molar-refractivity contribution in [2.24, 2.45) is 46.3 Å². The topological polar surface area (TPSA) is 65.7 Å². The van der Waals surface area contributed by atoms with Gasteiger partial charge >= 0.3 is 11.6 Å². The minimum absolute atomic E-state index is 0.0828. The molecule has 0 saturated heterocycles. The minimum Gasteiger partial charge on any atom is -0.482 e. The van der Waals surface area contributed by atoms with Gasteiger partial charge in [0.15, 0.2) is 6.61 Å². The van der Waals surface area contributed by atoms with Crippen LogP contribution in [0.2, 0.25) is 0 Å². The van der Waals surface area contributed by atoms with Crippen LogP contribution in [0.15, 0.2) is 39.1 Å². The molecule has 5 nitrogen and oxygen atoms in total. The molecule has 0 aliphatic heterocycles. The van der Waals surface area contributed by atoms with Crippen LogP contribution in [0.5, 0.6) is 5.75 Å². The van der Waals surface area contributed by atoms with E-state index in [0.717, 1.165) is 90.5 Å². The fourth-order valence-corrected chi connectivity index (χ4v) is 11.5. The van der Waals surface area contributed by atoms with Crippen LogP contribution < -0.4 is 10.4 Å². The Labute approximate surface area is 275 Å². The third kappa shape index (κ3) is 5.66. The summed E-state index contributed by atoms with van der Waals surface area (Å²) >= 11 is 0. The predicted molar refractivity (Wildman–Crippen MR) is 183 cm³/mol. The van der Waals surface area contributed by atoms with E-state index in [9.17, 15) is 9.59 Å². The molecule has 3 saturated carbocycles. The molecule has 0 N–H and O–H groups in total. The number of allylic oxidation sites excluding steroid dienone is 1. The second-order valence-electron chi connectivity index (χ2n) is 16.8. The van der Waals surface area contributed by atoms with Gasteiger partial charge < -0.3 is 13.9 Å². The zero-order valence-corrected chi connectivity index (χ0v) is 29.0. The number of ether oxygens (including phenoxy) is 2. The van der Waals surface area contributed by atoms with Gasteiger partial charge in [-0.15, -0.1) is 0 Å². The van der Waals surface area contributed by atoms with Crippen LogP contribution >= 0.6 is 0 Å². The minimum atomic E-state index is -0.327. The van der Waals surface area contributed by atoms with Crippen LogP contribution in [-0.4, -0.2) is 18.7 Å². The van der Waals surface area contributed by atoms with Gasteiger partial charge in [0, 0.05) is 23.4 Å². The molecule has 250 valence electrons. The summed E-state index contributed by atoms with van der Waals surface area (Å²) < 4.78 is 17.4. The average molecular weight is 629 g/mol. The lowest BCUT2D eigenvalue weighted by Crippen LogP contribution is -2.51. The monoisotopic (exact) mass is 628 g/mol. The second kappa shape index (κ2) is 12.5. The SMILES string of the molecule is CC(C)CCC[C@@H](C)[C@H]1CC[C@@H]2[C@H]3CC=C4C[C@@H](OC(=O)COc5ccc6c7c(c(=O)oc6c5)CCC7)CC[C@]4(C)[C@H]3CC[C@@]21C. The maximum Gasteiger partial charge on any atom is 0.344 e. The summed E-state index contributed by atoms with van der Waals surface area (Å²) in [7, 11) is 0. The number of hydrogen-bond acceptors (Lipinski definition) is 5. The summed E-state index contributed by atoms with van der Waals surface area (Å²) in [6.07, 6.45) is 19.0. The van der Waals surface area contributed by atoms with Crippen LogP contribution in [0.25, 0.3) is 11.0 Å². The van der Waals surface area contributed by atoms with Gasteiger partial charge in [0.1, 0.15) is 17.4 Å². The zero-order chi connectivity index (χ0) is 32.2. The molecule has 5 aliphatic rings. The highest BCUT2D eigenvalue weighted by atomic mass is 16.6. The highest BCUT2D eigenvalue weighted by Gasteiger charge is 2.59. The van der Waals surface area contributed by atoms with Crippen LogP contribution in [0, 0.1) is 46.3 Å². The molecule has 0 amide bonds. The fourth-order valence-electron chi connectivity index (χ4n) is 11.5. The largest absolute Gasteiger partial charge is 0.482 e. The van der Waals surface area contributed by atoms with E-state index in [1.165, 1.54) is 56.9 Å². The molecular formula is C41H56O5. The highest BCUT2D eigenvalue weighted by molar-refractivity contribution is 5.83. The van der Waals surface area contributed by atoms with Crippen molar-refractivity contribution in [2.75, 3.05) is 6.61 Å². The van der Waals surface area contributed by atoms with E-state index in [2.05, 4.69) is 40.7 Å². The Kier molecular flexibility index (Phi) is 8.68. The second-order valence-corrected chi connectivity index (χ2v) is 16.8. The van der Waals surface area contributed by atoms with Crippen LogP contribution in [0.1, 0.15) is 123 Å². The first kappa shape index (κ1) is 32.0. The first-order valence-corrected chi connectivity index (χ1v) is 18.7. The van der Waals surface area contributed by atoms with Gasteiger partial charge in [-0.1, -0.05) is 65.5 Å². The molecule has 0 unspecified atom stereocenters. The Morgan fingerprint density at radius 1 is 1.00 bits per heavy atom. The third-order valence-electron chi connectivity index (χ3n) is 13.9. The number of fused-ring (bicyclic) bond motifs is 8. The molecule has 1 aromatic carbocycles. The maximum atomic E-state index is 12.9. The quantitative estimate of drug-likeness (QED) is 0.157. The zero-order valence-electron chi connectivity index (χ0n) is 29.0. The number of benzene rings is 1. The van der Waals surface area contributed by atoms with Crippen LogP contribution in [0.3, 0.4) is 0 Å². The van der Waals surface area contributed by atoms with Crippen molar-refractivity contribution >= 4 is 16.9 Å². The Morgan fingerprint density at radius 3 is 2.65 bits per heavy atom. The molecule has 2 aromatic rings. The number of aryl methyl sites for hydroxylation is 1. The number of carbonyl (C=O) groups excluding carboxylic acids is 1. The number of hydrogen-bond donors (Lipinski definition) is 0. The molecule has 0 spiro atoms. The standard InChI is InChI=1S/C41H56O5/c1-25(2)8-6-9-26(3)34-16-17-35-33-14-12-27-22-29(18-20-40(27,4)36(33)19-21-41(34,35)5)45-38(42)24-44-28-13-15-31-30-10-7-11-32(30)39(43)46-37(31)23-28/h12-13,15,23,25-26,29,33-36H,6-11,14,16-22,24H2,1-5H3/t26-,29+,33-,34-,35-,36+,40+,41-/m1/s1. The summed E-state index contributed by atoms with van der Waals surface area (Å²) in [5.74, 6) is 5.15. The van der Waals surface area contributed by atoms with Crippen molar-refractivity contribution in [3.8, 4) is 5.75 Å². The smallest absolute Gasteiger partial charge is 0.344 e. The van der Waals surface area contributed by atoms with Gasteiger partial charge in [0.2, 0.25) is 0 Å². The lowest BCUT2D eigenvalue weighted by atomic mass is 9.47. The van der Waals surface area contributed by atoms with E-state index in [0.29, 0.717) is 16.7 Å². The molecule has 3 fully saturated rings. The van der Waals surface area contributed by atoms with Gasteiger partial charge in [0.05, 0.1) is 0 Å². The normalized spacial score (nSPS) is 34.0. The van der Waals surface area contributed by atoms with Gasteiger partial charge in [-0.3, -0.25) is 0 Å². The van der Waals surface area contributed by atoms with Crippen molar-refractivity contribution in [1.82, 2.24) is 0 Å². The summed E-state index contributed by atoms with van der Waals surface area (Å²) in [5.41, 5.74) is 4.46. The molecule has 7 rings (SSSR count). The molecule has 46 heavy (non-hydrogen) atoms. The van der Waals surface area contributed by atoms with Gasteiger partial charge in [0.25, 0.3) is 0 Å². The molecule has 1 aromatic heterocycles. The first-order valence-electron chi connectivity index (χ1n) is 18.7. The van der Waals surface area contributed by atoms with E-state index < -0.39 is 0 Å². The summed E-state index contributed by atoms with van der Waals surface area (Å²) in [6.45, 7) is 12.3. The first-order chi connectivity index (χ1) is 22.1. The summed E-state index contributed by atoms with van der Waals surface area (Å²) in [6, 6.07) is 5.54. The lowest BCUT2D eigenvalue weighted by Gasteiger charge is -2.58. The Balaban J connectivity index is 0.954. The predicted octanol–water partition coefficient (Wildman–Crippen LogP) is 9.61. The fraction of sp³-hybridized carbons (Fsp3) is 0.707. The van der Waals surface area contributed by atoms with E-state index >= 15 is 0 Å². The molecule has 0 bridgehead atoms. The van der Waals surface area contributed by atoms with E-state index in [4.69, 9.17) is 13.9 Å². The van der Waals surface area contributed by atoms with Gasteiger partial charge in [-0.25, -0.2) is 9.59 Å². The number of carbonyl (C=O) groups is 1. The van der Waals surface area contributed by atoms with Crippen molar-refractivity contribution in [3.05, 3.63) is 51.4 Å². The molecule has 0 radical (unpaired) electrons. The van der Waals surface area contributed by atoms with E-state index in [1.54, 1.807) is 6.07 Å². The van der Waals surface area contributed by atoms with E-state index in [-0.39, 0.29) is 29.7 Å². The van der Waals surface area contributed by atoms with Gasteiger partial charge in [-0.2, -0.15) is 0 Å². The molecule has 8 atom stereocenters. The van der Waals surface area contributed by atoms with Crippen molar-refractivity contribution in [3.63, 3.8) is 0 Å². The molecule has 5 aliphatic carbocycles.